The summed E-state index contributed by atoms with van der Waals surface area (Å²) in [6, 6.07) is 6.90. The molecule has 1 aromatic heterocycles. The topological polar surface area (TPSA) is 76.9 Å². The van der Waals surface area contributed by atoms with E-state index < -0.39 is 6.09 Å². The van der Waals surface area contributed by atoms with Gasteiger partial charge >= 0.3 is 6.09 Å². The van der Waals surface area contributed by atoms with Gasteiger partial charge in [-0.3, -0.25) is 9.88 Å². The maximum atomic E-state index is 11.3. The molecule has 6 heteroatoms. The highest BCUT2D eigenvalue weighted by molar-refractivity contribution is 5.83. The summed E-state index contributed by atoms with van der Waals surface area (Å²) in [4.78, 5) is 19.4. The molecule has 6 nitrogen and oxygen atoms in total. The second-order valence-corrected chi connectivity index (χ2v) is 5.86. The number of amides is 1. The summed E-state index contributed by atoms with van der Waals surface area (Å²) >= 11 is 0. The first-order valence-corrected chi connectivity index (χ1v) is 7.30. The quantitative estimate of drug-likeness (QED) is 0.846. The van der Waals surface area contributed by atoms with Gasteiger partial charge in [-0.25, -0.2) is 4.79 Å². The Morgan fingerprint density at radius 1 is 1.23 bits per heavy atom. The standard InChI is InChI=1S/C16H19N3O3/c1-10-8-18(9-11(2)19(10)16(21)22)13-5-12-6-14(20)3-4-15(12)17-7-13/h3-7,10-11,20H,8-9H2,1-2H3,(H,21,22). The van der Waals surface area contributed by atoms with Crippen LogP contribution in [-0.4, -0.2) is 51.4 Å². The fraction of sp³-hybridized carbons (Fsp3) is 0.375. The summed E-state index contributed by atoms with van der Waals surface area (Å²) in [7, 11) is 0. The summed E-state index contributed by atoms with van der Waals surface area (Å²) in [6.45, 7) is 5.08. The first kappa shape index (κ1) is 14.4. The molecule has 116 valence electrons. The van der Waals surface area contributed by atoms with Crippen molar-refractivity contribution in [2.45, 2.75) is 25.9 Å². The lowest BCUT2D eigenvalue weighted by molar-refractivity contribution is 0.0982. The molecule has 2 aromatic rings. The SMILES string of the molecule is CC1CN(c2cnc3ccc(O)cc3c2)CC(C)N1C(=O)O. The monoisotopic (exact) mass is 301 g/mol. The van der Waals surface area contributed by atoms with E-state index in [0.29, 0.717) is 13.1 Å². The molecule has 0 aliphatic carbocycles. The second-order valence-electron chi connectivity index (χ2n) is 5.86. The van der Waals surface area contributed by atoms with Crippen LogP contribution in [0.4, 0.5) is 10.5 Å². The van der Waals surface area contributed by atoms with Crippen LogP contribution in [0.15, 0.2) is 30.5 Å². The van der Waals surface area contributed by atoms with Gasteiger partial charge in [-0.15, -0.1) is 0 Å². The number of nitrogens with zero attached hydrogens (tertiary/aromatic N) is 3. The van der Waals surface area contributed by atoms with E-state index in [4.69, 9.17) is 0 Å². The number of rotatable bonds is 1. The highest BCUT2D eigenvalue weighted by Gasteiger charge is 2.32. The summed E-state index contributed by atoms with van der Waals surface area (Å²) in [5, 5.41) is 19.7. The first-order chi connectivity index (χ1) is 10.5. The average Bonchev–Trinajstić information content (AvgIpc) is 2.45. The molecule has 3 rings (SSSR count). The maximum absolute atomic E-state index is 11.3. The van der Waals surface area contributed by atoms with Crippen LogP contribution >= 0.6 is 0 Å². The van der Waals surface area contributed by atoms with Crippen molar-refractivity contribution < 1.29 is 15.0 Å². The van der Waals surface area contributed by atoms with Gasteiger partial charge in [-0.2, -0.15) is 0 Å². The van der Waals surface area contributed by atoms with Crippen molar-refractivity contribution in [3.63, 3.8) is 0 Å². The Morgan fingerprint density at radius 3 is 2.55 bits per heavy atom. The Hall–Kier alpha value is -2.50. The highest BCUT2D eigenvalue weighted by atomic mass is 16.4. The number of hydrogen-bond donors (Lipinski definition) is 2. The Morgan fingerprint density at radius 2 is 1.91 bits per heavy atom. The second kappa shape index (κ2) is 5.36. The van der Waals surface area contributed by atoms with Crippen LogP contribution in [-0.2, 0) is 0 Å². The lowest BCUT2D eigenvalue weighted by atomic mass is 10.1. The van der Waals surface area contributed by atoms with Crippen molar-refractivity contribution in [1.82, 2.24) is 9.88 Å². The number of benzene rings is 1. The molecule has 2 heterocycles. The normalized spacial score (nSPS) is 22.1. The van der Waals surface area contributed by atoms with E-state index in [0.717, 1.165) is 16.6 Å². The smallest absolute Gasteiger partial charge is 0.407 e. The Balaban J connectivity index is 1.90. The van der Waals surface area contributed by atoms with Gasteiger partial charge in [0.25, 0.3) is 0 Å². The minimum atomic E-state index is -0.874. The summed E-state index contributed by atoms with van der Waals surface area (Å²) in [5.74, 6) is 0.212. The van der Waals surface area contributed by atoms with Gasteiger partial charge in [-0.1, -0.05) is 0 Å². The van der Waals surface area contributed by atoms with E-state index in [2.05, 4.69) is 9.88 Å². The van der Waals surface area contributed by atoms with Crippen LogP contribution in [0.5, 0.6) is 5.75 Å². The zero-order valence-electron chi connectivity index (χ0n) is 12.6. The molecule has 1 aromatic carbocycles. The van der Waals surface area contributed by atoms with Crippen LogP contribution < -0.4 is 4.90 Å². The molecular formula is C16H19N3O3. The Kier molecular flexibility index (Phi) is 3.52. The van der Waals surface area contributed by atoms with Gasteiger partial charge in [0, 0.05) is 18.5 Å². The molecule has 1 aliphatic rings. The number of phenols is 1. The zero-order chi connectivity index (χ0) is 15.9. The lowest BCUT2D eigenvalue weighted by Gasteiger charge is -2.43. The fourth-order valence-electron chi connectivity index (χ4n) is 3.19. The maximum Gasteiger partial charge on any atom is 0.407 e. The molecule has 1 aliphatic heterocycles. The molecule has 0 bridgehead atoms. The predicted octanol–water partition coefficient (Wildman–Crippen LogP) is 2.52. The Bertz CT molecular complexity index is 707. The lowest BCUT2D eigenvalue weighted by Crippen LogP contribution is -2.58. The molecule has 0 radical (unpaired) electrons. The number of fused-ring (bicyclic) bond motifs is 1. The average molecular weight is 301 g/mol. The number of aromatic hydroxyl groups is 1. The van der Waals surface area contributed by atoms with Gasteiger partial charge < -0.3 is 15.1 Å². The summed E-state index contributed by atoms with van der Waals surface area (Å²) < 4.78 is 0. The third kappa shape index (κ3) is 2.52. The minimum absolute atomic E-state index is 0.0823. The molecule has 2 unspecified atom stereocenters. The first-order valence-electron chi connectivity index (χ1n) is 7.30. The van der Waals surface area contributed by atoms with Gasteiger partial charge in [-0.05, 0) is 38.1 Å². The summed E-state index contributed by atoms with van der Waals surface area (Å²) in [6.07, 6.45) is 0.927. The molecule has 2 N–H and O–H groups in total. The largest absolute Gasteiger partial charge is 0.508 e. The molecule has 1 amide bonds. The van der Waals surface area contributed by atoms with Crippen LogP contribution in [0.3, 0.4) is 0 Å². The van der Waals surface area contributed by atoms with Crippen LogP contribution in [0.2, 0.25) is 0 Å². The van der Waals surface area contributed by atoms with Gasteiger partial charge in [0.1, 0.15) is 5.75 Å². The molecule has 0 saturated carbocycles. The van der Waals surface area contributed by atoms with E-state index in [1.165, 1.54) is 4.90 Å². The molecule has 2 atom stereocenters. The number of anilines is 1. The van der Waals surface area contributed by atoms with Crippen LogP contribution in [0.25, 0.3) is 10.9 Å². The molecule has 22 heavy (non-hydrogen) atoms. The van der Waals surface area contributed by atoms with E-state index in [1.54, 1.807) is 24.4 Å². The number of phenolic OH excluding ortho intramolecular Hbond substituents is 1. The van der Waals surface area contributed by atoms with Crippen molar-refractivity contribution >= 4 is 22.7 Å². The van der Waals surface area contributed by atoms with Crippen molar-refractivity contribution in [2.75, 3.05) is 18.0 Å². The van der Waals surface area contributed by atoms with E-state index >= 15 is 0 Å². The number of piperazine rings is 1. The predicted molar refractivity (Wildman–Crippen MR) is 84.4 cm³/mol. The number of pyridine rings is 1. The third-order valence-corrected chi connectivity index (χ3v) is 4.16. The van der Waals surface area contributed by atoms with E-state index in [-0.39, 0.29) is 17.8 Å². The van der Waals surface area contributed by atoms with Crippen molar-refractivity contribution in [3.8, 4) is 5.75 Å². The molecule has 0 spiro atoms. The number of aromatic nitrogens is 1. The van der Waals surface area contributed by atoms with Crippen LogP contribution in [0.1, 0.15) is 13.8 Å². The number of carbonyl (C=O) groups is 1. The van der Waals surface area contributed by atoms with Crippen molar-refractivity contribution in [1.29, 1.82) is 0 Å². The molecule has 1 fully saturated rings. The minimum Gasteiger partial charge on any atom is -0.508 e. The number of hydrogen-bond acceptors (Lipinski definition) is 4. The van der Waals surface area contributed by atoms with E-state index in [9.17, 15) is 15.0 Å². The van der Waals surface area contributed by atoms with E-state index in [1.807, 2.05) is 19.9 Å². The Labute approximate surface area is 128 Å². The highest BCUT2D eigenvalue weighted by Crippen LogP contribution is 2.26. The zero-order valence-corrected chi connectivity index (χ0v) is 12.6. The fourth-order valence-corrected chi connectivity index (χ4v) is 3.19. The van der Waals surface area contributed by atoms with Crippen molar-refractivity contribution in [2.24, 2.45) is 0 Å². The molecular weight excluding hydrogens is 282 g/mol. The van der Waals surface area contributed by atoms with Gasteiger partial charge in [0.05, 0.1) is 29.5 Å². The van der Waals surface area contributed by atoms with Crippen molar-refractivity contribution in [3.05, 3.63) is 30.5 Å². The van der Waals surface area contributed by atoms with Crippen LogP contribution in [0, 0.1) is 0 Å². The molecule has 1 saturated heterocycles. The third-order valence-electron chi connectivity index (χ3n) is 4.16. The number of carboxylic acid groups (broad SMARTS) is 1. The summed E-state index contributed by atoms with van der Waals surface area (Å²) in [5.41, 5.74) is 1.77. The van der Waals surface area contributed by atoms with Gasteiger partial charge in [0.2, 0.25) is 0 Å². The van der Waals surface area contributed by atoms with Gasteiger partial charge in [0.15, 0.2) is 0 Å².